The zero-order valence-electron chi connectivity index (χ0n) is 61.7. The molecule has 0 bridgehead atoms. The van der Waals surface area contributed by atoms with Crippen LogP contribution in [0.15, 0.2) is 195 Å². The third-order valence-electron chi connectivity index (χ3n) is 22.3. The van der Waals surface area contributed by atoms with E-state index in [4.69, 9.17) is 4.74 Å². The van der Waals surface area contributed by atoms with Crippen molar-refractivity contribution < 1.29 is 9.84 Å². The fourth-order valence-corrected chi connectivity index (χ4v) is 15.6. The van der Waals surface area contributed by atoms with Gasteiger partial charge in [0, 0.05) is 49.1 Å². The molecule has 0 saturated carbocycles. The first-order valence-electron chi connectivity index (χ1n) is 36.9. The first kappa shape index (κ1) is 71.7. The first-order valence-corrected chi connectivity index (χ1v) is 36.9. The predicted octanol–water partition coefficient (Wildman–Crippen LogP) is 20.5. The molecule has 0 aliphatic heterocycles. The number of pyridine rings is 5. The highest BCUT2D eigenvalue weighted by molar-refractivity contribution is 5.46. The lowest BCUT2D eigenvalue weighted by Crippen LogP contribution is -2.12. The van der Waals surface area contributed by atoms with Crippen LogP contribution >= 0.6 is 0 Å². The largest absolute Gasteiger partial charge is 0.506 e. The second-order valence-electron chi connectivity index (χ2n) is 32.2. The van der Waals surface area contributed by atoms with Gasteiger partial charge < -0.3 is 9.84 Å². The number of rotatable bonds is 16. The molecule has 1 N–H and O–H groups in total. The van der Waals surface area contributed by atoms with Crippen LogP contribution in [0.1, 0.15) is 218 Å². The Morgan fingerprint density at radius 3 is 1.03 bits per heavy atom. The van der Waals surface area contributed by atoms with Gasteiger partial charge in [0.05, 0.1) is 19.5 Å². The van der Waals surface area contributed by atoms with Gasteiger partial charge in [-0.25, -0.2) is 0 Å². The van der Waals surface area contributed by atoms with Crippen LogP contribution in [0.5, 0.6) is 11.5 Å². The van der Waals surface area contributed by atoms with E-state index >= 15 is 0 Å². The number of aromatic hydroxyl groups is 1. The normalized spacial score (nSPS) is 16.1. The fourth-order valence-electron chi connectivity index (χ4n) is 15.6. The smallest absolute Gasteiger partial charge is 0.137 e. The lowest BCUT2D eigenvalue weighted by molar-refractivity contribution is 0.412. The molecule has 5 aliphatic carbocycles. The second kappa shape index (κ2) is 31.8. The summed E-state index contributed by atoms with van der Waals surface area (Å²) in [6, 6.07) is 51.6. The van der Waals surface area contributed by atoms with Crippen molar-refractivity contribution in [1.82, 2.24) is 24.9 Å². The number of ether oxygens (including phenoxy) is 1. The quantitative estimate of drug-likeness (QED) is 0.103. The zero-order valence-corrected chi connectivity index (χ0v) is 61.7. The summed E-state index contributed by atoms with van der Waals surface area (Å²) >= 11 is 0. The maximum Gasteiger partial charge on any atom is 0.137 e. The van der Waals surface area contributed by atoms with Gasteiger partial charge in [0.15, 0.2) is 0 Å². The zero-order chi connectivity index (χ0) is 69.8. The monoisotopic (exact) mass is 1320 g/mol. The molecule has 0 saturated heterocycles. The van der Waals surface area contributed by atoms with Crippen LogP contribution < -0.4 is 4.74 Å². The van der Waals surface area contributed by atoms with Crippen LogP contribution in [-0.2, 0) is 123 Å². The Hall–Kier alpha value is -8.55. The first-order chi connectivity index (χ1) is 47.5. The molecule has 0 atom stereocenters. The van der Waals surface area contributed by atoms with Gasteiger partial charge in [-0.1, -0.05) is 172 Å². The number of hydrogen-bond donors (Lipinski definition) is 1. The molecule has 514 valence electrons. The lowest BCUT2D eigenvalue weighted by atomic mass is 9.85. The molecule has 15 rings (SSSR count). The Morgan fingerprint density at radius 2 is 0.667 bits per heavy atom. The minimum absolute atomic E-state index is 0.248. The number of aryl methyl sites for hydroxylation is 16. The van der Waals surface area contributed by atoms with Crippen molar-refractivity contribution in [3.05, 3.63) is 312 Å². The molecule has 0 spiro atoms. The summed E-state index contributed by atoms with van der Waals surface area (Å²) in [6.07, 6.45) is 39.5. The van der Waals surface area contributed by atoms with Crippen molar-refractivity contribution in [2.45, 2.75) is 232 Å². The maximum atomic E-state index is 9.44. The van der Waals surface area contributed by atoms with Gasteiger partial charge in [0.25, 0.3) is 0 Å². The highest BCUT2D eigenvalue weighted by Gasteiger charge is 2.34. The van der Waals surface area contributed by atoms with Crippen LogP contribution in [0.2, 0.25) is 0 Å². The molecule has 0 fully saturated rings. The summed E-state index contributed by atoms with van der Waals surface area (Å²) < 4.78 is 5.23. The van der Waals surface area contributed by atoms with Gasteiger partial charge in [-0.05, 0) is 310 Å². The number of benzene rings is 5. The Bertz CT molecular complexity index is 4110. The van der Waals surface area contributed by atoms with Gasteiger partial charge in [-0.15, -0.1) is 0 Å². The van der Waals surface area contributed by atoms with E-state index in [2.05, 4.69) is 228 Å². The van der Waals surface area contributed by atoms with E-state index in [-0.39, 0.29) is 5.75 Å². The van der Waals surface area contributed by atoms with Crippen LogP contribution in [0, 0.1) is 6.92 Å². The average Bonchev–Trinajstić information content (AvgIpc) is 1.70. The molecule has 5 aromatic carbocycles. The molecular weight excluding hydrogens is 1210 g/mol. The van der Waals surface area contributed by atoms with Crippen LogP contribution in [0.4, 0.5) is 0 Å². The van der Waals surface area contributed by atoms with Crippen molar-refractivity contribution in [3.8, 4) is 11.5 Å². The van der Waals surface area contributed by atoms with E-state index in [0.717, 1.165) is 75.5 Å². The Labute approximate surface area is 593 Å². The summed E-state index contributed by atoms with van der Waals surface area (Å²) in [6.45, 7) is 25.7. The molecule has 5 aromatic heterocycles. The lowest BCUT2D eigenvalue weighted by Gasteiger charge is -2.19. The van der Waals surface area contributed by atoms with Gasteiger partial charge in [-0.3, -0.25) is 24.9 Å². The molecular formula is C92H109N5O2. The third-order valence-corrected chi connectivity index (χ3v) is 22.3. The van der Waals surface area contributed by atoms with E-state index in [9.17, 15) is 5.11 Å². The predicted molar refractivity (Wildman–Crippen MR) is 410 cm³/mol. The summed E-state index contributed by atoms with van der Waals surface area (Å²) in [4.78, 5) is 21.0. The molecule has 10 aromatic rings. The van der Waals surface area contributed by atoms with Crippen molar-refractivity contribution in [2.24, 2.45) is 0 Å². The van der Waals surface area contributed by atoms with E-state index in [1.807, 2.05) is 49.4 Å². The number of nitrogens with zero attached hydrogens (tertiary/aromatic N) is 5. The third kappa shape index (κ3) is 19.1. The van der Waals surface area contributed by atoms with E-state index in [1.54, 1.807) is 58.3 Å². The molecule has 0 amide bonds. The van der Waals surface area contributed by atoms with Crippen LogP contribution in [-0.4, -0.2) is 37.1 Å². The standard InChI is InChI=1S/C19H23NO.C19H23N.C18H21NO.2C18H21N/c1-19(2)9-8-16-7-6-14(11-18(16)19)4-5-15-10-17(21-3)13-20-12-15;1-14-10-16(13-20-12-14)5-4-15-6-7-17-8-9-19(2,3)18(17)11-15;1-18(2)8-7-15-6-5-13(10-17(15)18)3-4-14-9-16(20)12-19-11-14;1-18(2)10-7-16-6-5-15(13-17(16)18)4-3-14-8-11-19-12-9-14;1-18(2)11-10-15-8-6-14(13-17(15)18)7-9-16-5-3-4-12-19-16/h6-7,10-13H,4-5,8-9H2,1-3H3;6-7,10-13H,4-5,8-9H2,1-3H3;5-6,9-12,20H,3-4,7-8H2,1-2H3;5-6,8-9,11-13H,3-4,7,10H2,1-2H3;3-6,8,12-13H,7,9-11H2,1-2H3. The molecule has 99 heavy (non-hydrogen) atoms. The van der Waals surface area contributed by atoms with Gasteiger partial charge in [0.2, 0.25) is 0 Å². The van der Waals surface area contributed by atoms with Crippen molar-refractivity contribution in [1.29, 1.82) is 0 Å². The van der Waals surface area contributed by atoms with Gasteiger partial charge in [0.1, 0.15) is 11.5 Å². The number of hydrogen-bond acceptors (Lipinski definition) is 7. The van der Waals surface area contributed by atoms with Crippen molar-refractivity contribution >= 4 is 0 Å². The molecule has 7 heteroatoms. The molecule has 5 aliphatic rings. The van der Waals surface area contributed by atoms with E-state index < -0.39 is 0 Å². The highest BCUT2D eigenvalue weighted by Crippen LogP contribution is 2.43. The summed E-state index contributed by atoms with van der Waals surface area (Å²) in [5, 5.41) is 9.44. The fraction of sp³-hybridized carbons (Fsp3) is 0.402. The number of aromatic nitrogens is 5. The minimum atomic E-state index is 0.248. The van der Waals surface area contributed by atoms with Crippen molar-refractivity contribution in [3.63, 3.8) is 0 Å². The van der Waals surface area contributed by atoms with Gasteiger partial charge >= 0.3 is 0 Å². The van der Waals surface area contributed by atoms with Crippen molar-refractivity contribution in [2.75, 3.05) is 7.11 Å². The number of methoxy groups -OCH3 is 1. The Balaban J connectivity index is 0.000000125. The van der Waals surface area contributed by atoms with Crippen LogP contribution in [0.3, 0.4) is 0 Å². The molecule has 0 unspecified atom stereocenters. The Kier molecular flexibility index (Phi) is 23.0. The van der Waals surface area contributed by atoms with Gasteiger partial charge in [-0.2, -0.15) is 0 Å². The average molecular weight is 1320 g/mol. The van der Waals surface area contributed by atoms with Crippen LogP contribution in [0.25, 0.3) is 0 Å². The summed E-state index contributed by atoms with van der Waals surface area (Å²) in [5.74, 6) is 1.08. The van der Waals surface area contributed by atoms with E-state index in [1.165, 1.54) is 143 Å². The highest BCUT2D eigenvalue weighted by atomic mass is 16.5. The topological polar surface area (TPSA) is 93.9 Å². The maximum absolute atomic E-state index is 9.44. The second-order valence-corrected chi connectivity index (χ2v) is 32.2. The Morgan fingerprint density at radius 1 is 0.323 bits per heavy atom. The summed E-state index contributed by atoms with van der Waals surface area (Å²) in [5.41, 5.74) is 31.8. The van der Waals surface area contributed by atoms with E-state index in [0.29, 0.717) is 27.1 Å². The minimum Gasteiger partial charge on any atom is -0.506 e. The molecule has 5 heterocycles. The molecule has 0 radical (unpaired) electrons. The summed E-state index contributed by atoms with van der Waals surface area (Å²) in [7, 11) is 1.68. The number of fused-ring (bicyclic) bond motifs is 5. The SMILES string of the molecule is CC1(C)CCc2ccc(CCc3ccccn3)cc21.CC1(C)CCc2ccc(CCc3ccncc3)cc21.CC1(C)CCc2ccc(CCc3cncc(O)c3)cc21.COc1cncc(CCc2ccc3c(c2)C(C)(C)CC3)c1.Cc1cncc(CCc2ccc3c(c2)C(C)(C)CC3)c1. The molecule has 7 nitrogen and oxygen atoms in total.